The lowest BCUT2D eigenvalue weighted by Crippen LogP contribution is -2.41. The number of nitrogens with zero attached hydrogens (tertiary/aromatic N) is 3. The van der Waals surface area contributed by atoms with E-state index in [0.717, 1.165) is 43.5 Å². The third-order valence-corrected chi connectivity index (χ3v) is 6.40. The molecule has 0 radical (unpaired) electrons. The summed E-state index contributed by atoms with van der Waals surface area (Å²) < 4.78 is 0. The number of rotatable bonds is 8. The minimum absolute atomic E-state index is 0.104. The van der Waals surface area contributed by atoms with Crippen LogP contribution in [-0.2, 0) is 25.7 Å². The van der Waals surface area contributed by atoms with Crippen molar-refractivity contribution in [1.29, 1.82) is 0 Å². The number of likely N-dealkylation sites (N-methyl/N-ethyl adjacent to an activating group) is 2. The SMILES string of the molecule is CN(CC(Cc1ccc(O)cc1)N(C)C)c1nc(CC2Cc3ccccc3C2)cc(=O)[nH]1. The largest absolute Gasteiger partial charge is 0.508 e. The van der Waals surface area contributed by atoms with Crippen LogP contribution >= 0.6 is 0 Å². The molecule has 1 aromatic heterocycles. The van der Waals surface area contributed by atoms with Gasteiger partial charge in [0.05, 0.1) is 5.69 Å². The highest BCUT2D eigenvalue weighted by Gasteiger charge is 2.23. The zero-order valence-corrected chi connectivity index (χ0v) is 19.1. The van der Waals surface area contributed by atoms with Crippen LogP contribution in [0.1, 0.15) is 22.4 Å². The van der Waals surface area contributed by atoms with Crippen molar-refractivity contribution in [3.05, 3.63) is 87.3 Å². The first-order valence-electron chi connectivity index (χ1n) is 11.2. The molecule has 1 atom stereocenters. The van der Waals surface area contributed by atoms with Crippen LogP contribution < -0.4 is 10.5 Å². The maximum absolute atomic E-state index is 12.4. The Hall–Kier alpha value is -3.12. The quantitative estimate of drug-likeness (QED) is 0.572. The molecule has 0 saturated heterocycles. The van der Waals surface area contributed by atoms with Gasteiger partial charge in [0.1, 0.15) is 5.75 Å². The van der Waals surface area contributed by atoms with Crippen molar-refractivity contribution in [1.82, 2.24) is 14.9 Å². The number of benzene rings is 2. The van der Waals surface area contributed by atoms with E-state index >= 15 is 0 Å². The van der Waals surface area contributed by atoms with E-state index in [2.05, 4.69) is 48.2 Å². The Labute approximate surface area is 189 Å². The van der Waals surface area contributed by atoms with Crippen LogP contribution in [0.5, 0.6) is 5.75 Å². The Kier molecular flexibility index (Phi) is 6.61. The van der Waals surface area contributed by atoms with Gasteiger partial charge in [-0.1, -0.05) is 36.4 Å². The Bertz CT molecular complexity index is 1080. The molecule has 0 bridgehead atoms. The van der Waals surface area contributed by atoms with Crippen LogP contribution in [0, 0.1) is 5.92 Å². The van der Waals surface area contributed by atoms with Crippen LogP contribution in [0.25, 0.3) is 0 Å². The highest BCUT2D eigenvalue weighted by molar-refractivity contribution is 5.34. The summed E-state index contributed by atoms with van der Waals surface area (Å²) in [6, 6.07) is 17.8. The number of aromatic nitrogens is 2. The second kappa shape index (κ2) is 9.57. The molecule has 32 heavy (non-hydrogen) atoms. The van der Waals surface area contributed by atoms with Gasteiger partial charge in [0.2, 0.25) is 5.95 Å². The second-order valence-corrected chi connectivity index (χ2v) is 9.18. The van der Waals surface area contributed by atoms with E-state index in [-0.39, 0.29) is 17.4 Å². The third kappa shape index (κ3) is 5.37. The van der Waals surface area contributed by atoms with Crippen molar-refractivity contribution in [2.24, 2.45) is 5.92 Å². The number of H-pyrrole nitrogens is 1. The van der Waals surface area contributed by atoms with Gasteiger partial charge in [0.25, 0.3) is 5.56 Å². The molecule has 6 heteroatoms. The molecular weight excluding hydrogens is 400 g/mol. The van der Waals surface area contributed by atoms with Crippen molar-refractivity contribution >= 4 is 5.95 Å². The first kappa shape index (κ1) is 22.1. The molecule has 0 saturated carbocycles. The normalized spacial score (nSPS) is 14.5. The number of hydrogen-bond donors (Lipinski definition) is 2. The van der Waals surface area contributed by atoms with E-state index in [9.17, 15) is 9.90 Å². The monoisotopic (exact) mass is 432 g/mol. The van der Waals surface area contributed by atoms with Crippen molar-refractivity contribution in [3.8, 4) is 5.75 Å². The summed E-state index contributed by atoms with van der Waals surface area (Å²) >= 11 is 0. The molecule has 2 N–H and O–H groups in total. The lowest BCUT2D eigenvalue weighted by atomic mass is 10.00. The highest BCUT2D eigenvalue weighted by atomic mass is 16.3. The summed E-state index contributed by atoms with van der Waals surface area (Å²) in [5.74, 6) is 1.38. The van der Waals surface area contributed by atoms with Crippen molar-refractivity contribution < 1.29 is 5.11 Å². The standard InChI is InChI=1S/C26H32N4O2/c1-29(2)23(15-18-8-10-24(31)11-9-18)17-30(3)26-27-22(16-25(32)28-26)14-19-12-20-6-4-5-7-21(20)13-19/h4-11,16,19,23,31H,12-15,17H2,1-3H3,(H,27,28,32). The molecule has 1 aliphatic carbocycles. The van der Waals surface area contributed by atoms with Crippen molar-refractivity contribution in [2.75, 3.05) is 32.6 Å². The number of aromatic amines is 1. The number of aromatic hydroxyl groups is 1. The summed E-state index contributed by atoms with van der Waals surface area (Å²) in [7, 11) is 6.09. The fourth-order valence-electron chi connectivity index (χ4n) is 4.59. The molecule has 4 rings (SSSR count). The first-order chi connectivity index (χ1) is 15.4. The Morgan fingerprint density at radius 3 is 2.34 bits per heavy atom. The van der Waals surface area contributed by atoms with Crippen LogP contribution in [-0.4, -0.2) is 53.7 Å². The van der Waals surface area contributed by atoms with Crippen molar-refractivity contribution in [3.63, 3.8) is 0 Å². The molecule has 2 aromatic carbocycles. The van der Waals surface area contributed by atoms with E-state index in [4.69, 9.17) is 4.98 Å². The highest BCUT2D eigenvalue weighted by Crippen LogP contribution is 2.28. The summed E-state index contributed by atoms with van der Waals surface area (Å²) in [5, 5.41) is 9.54. The van der Waals surface area contributed by atoms with Crippen LogP contribution in [0.3, 0.4) is 0 Å². The zero-order chi connectivity index (χ0) is 22.7. The number of phenolic OH excluding ortho intramolecular Hbond substituents is 1. The molecule has 3 aromatic rings. The van der Waals surface area contributed by atoms with Gasteiger partial charge < -0.3 is 14.9 Å². The van der Waals surface area contributed by atoms with Gasteiger partial charge in [0, 0.05) is 25.7 Å². The van der Waals surface area contributed by atoms with E-state index in [1.807, 2.05) is 24.1 Å². The minimum atomic E-state index is -0.104. The third-order valence-electron chi connectivity index (χ3n) is 6.40. The van der Waals surface area contributed by atoms with E-state index in [0.29, 0.717) is 11.9 Å². The lowest BCUT2D eigenvalue weighted by Gasteiger charge is -2.29. The van der Waals surface area contributed by atoms with Gasteiger partial charge in [0.15, 0.2) is 0 Å². The molecule has 0 fully saturated rings. The maximum atomic E-state index is 12.4. The molecule has 1 aliphatic rings. The predicted octanol–water partition coefficient (Wildman–Crippen LogP) is 3.04. The van der Waals surface area contributed by atoms with Gasteiger partial charge in [-0.25, -0.2) is 4.98 Å². The summed E-state index contributed by atoms with van der Waals surface area (Å²) in [4.78, 5) is 24.3. The molecular formula is C26H32N4O2. The Balaban J connectivity index is 1.44. The van der Waals surface area contributed by atoms with Crippen molar-refractivity contribution in [2.45, 2.75) is 31.7 Å². The van der Waals surface area contributed by atoms with Gasteiger partial charge in [-0.05, 0) is 74.5 Å². The van der Waals surface area contributed by atoms with Gasteiger partial charge >= 0.3 is 0 Å². The maximum Gasteiger partial charge on any atom is 0.252 e. The van der Waals surface area contributed by atoms with Gasteiger partial charge in [-0.3, -0.25) is 9.78 Å². The lowest BCUT2D eigenvalue weighted by molar-refractivity contribution is 0.294. The number of nitrogens with one attached hydrogen (secondary N) is 1. The number of phenols is 1. The van der Waals surface area contributed by atoms with Crippen LogP contribution in [0.15, 0.2) is 59.4 Å². The molecule has 0 aliphatic heterocycles. The zero-order valence-electron chi connectivity index (χ0n) is 19.1. The Morgan fingerprint density at radius 1 is 1.06 bits per heavy atom. The average molecular weight is 433 g/mol. The molecule has 0 spiro atoms. The fourth-order valence-corrected chi connectivity index (χ4v) is 4.59. The summed E-state index contributed by atoms with van der Waals surface area (Å²) in [5.41, 5.74) is 4.75. The Morgan fingerprint density at radius 2 is 1.72 bits per heavy atom. The number of hydrogen-bond acceptors (Lipinski definition) is 5. The predicted molar refractivity (Wildman–Crippen MR) is 128 cm³/mol. The minimum Gasteiger partial charge on any atom is -0.508 e. The van der Waals surface area contributed by atoms with Crippen LogP contribution in [0.4, 0.5) is 5.95 Å². The van der Waals surface area contributed by atoms with E-state index in [1.54, 1.807) is 18.2 Å². The smallest absolute Gasteiger partial charge is 0.252 e. The average Bonchev–Trinajstić information content (AvgIpc) is 3.16. The summed E-state index contributed by atoms with van der Waals surface area (Å²) in [6.07, 6.45) is 3.74. The van der Waals surface area contributed by atoms with E-state index < -0.39 is 0 Å². The van der Waals surface area contributed by atoms with Crippen LogP contribution in [0.2, 0.25) is 0 Å². The molecule has 168 valence electrons. The molecule has 1 unspecified atom stereocenters. The second-order valence-electron chi connectivity index (χ2n) is 9.18. The molecule has 1 heterocycles. The fraction of sp³-hybridized carbons (Fsp3) is 0.385. The molecule has 0 amide bonds. The van der Waals surface area contributed by atoms with E-state index in [1.165, 1.54) is 11.1 Å². The number of fused-ring (bicyclic) bond motifs is 1. The molecule has 6 nitrogen and oxygen atoms in total. The number of anilines is 1. The topological polar surface area (TPSA) is 72.5 Å². The first-order valence-corrected chi connectivity index (χ1v) is 11.2. The van der Waals surface area contributed by atoms with Gasteiger partial charge in [-0.15, -0.1) is 0 Å². The summed E-state index contributed by atoms with van der Waals surface area (Å²) in [6.45, 7) is 0.717. The van der Waals surface area contributed by atoms with Gasteiger partial charge in [-0.2, -0.15) is 0 Å².